The minimum Gasteiger partial charge on any atom is -0.756 e. The Morgan fingerprint density at radius 1 is 0.625 bits per heavy atom. The third-order valence-electron chi connectivity index (χ3n) is 6.25. The number of nitrogens with one attached hydrogen (secondary N) is 1. The van der Waals surface area contributed by atoms with Crippen LogP contribution in [0.3, 0.4) is 0 Å². The van der Waals surface area contributed by atoms with Crippen LogP contribution in [0.5, 0.6) is 0 Å². The number of amides is 1. The van der Waals surface area contributed by atoms with Gasteiger partial charge in [-0.25, -0.2) is 0 Å². The van der Waals surface area contributed by atoms with Crippen molar-refractivity contribution in [3.63, 3.8) is 0 Å². The molecule has 0 bridgehead atoms. The highest BCUT2D eigenvalue weighted by Gasteiger charge is 2.57. The lowest BCUT2D eigenvalue weighted by molar-refractivity contribution is -0.349. The Kier molecular flexibility index (Phi) is 14.8. The summed E-state index contributed by atoms with van der Waals surface area (Å²) in [4.78, 5) is 106. The molecular formula is C26H37NO20P-. The fourth-order valence-corrected chi connectivity index (χ4v) is 5.24. The molecule has 1 amide bonds. The highest BCUT2D eigenvalue weighted by Crippen LogP contribution is 2.39. The number of phosphoric ester groups is 1. The van der Waals surface area contributed by atoms with Gasteiger partial charge in [-0.1, -0.05) is 0 Å². The second-order valence-electron chi connectivity index (χ2n) is 10.4. The van der Waals surface area contributed by atoms with E-state index in [-0.39, 0.29) is 0 Å². The van der Waals surface area contributed by atoms with Crippen molar-refractivity contribution in [2.75, 3.05) is 13.2 Å². The summed E-state index contributed by atoms with van der Waals surface area (Å²) in [7, 11) is -5.61. The molecule has 11 atom stereocenters. The minimum atomic E-state index is -5.61. The van der Waals surface area contributed by atoms with Gasteiger partial charge in [0.1, 0.15) is 37.6 Å². The van der Waals surface area contributed by atoms with Gasteiger partial charge in [0.05, 0.1) is 0 Å². The Morgan fingerprint density at radius 3 is 1.48 bits per heavy atom. The number of esters is 6. The lowest BCUT2D eigenvalue weighted by atomic mass is 9.95. The van der Waals surface area contributed by atoms with Crippen LogP contribution in [0.15, 0.2) is 0 Å². The molecule has 0 aromatic rings. The first-order valence-electron chi connectivity index (χ1n) is 14.1. The van der Waals surface area contributed by atoms with Crippen molar-refractivity contribution in [3.05, 3.63) is 0 Å². The van der Waals surface area contributed by atoms with Gasteiger partial charge in [-0.15, -0.1) is 0 Å². The number of hydrogen-bond donors (Lipinski definition) is 2. The molecule has 2 heterocycles. The van der Waals surface area contributed by atoms with Gasteiger partial charge in [-0.05, 0) is 0 Å². The molecule has 0 aromatic carbocycles. The monoisotopic (exact) mass is 714 g/mol. The van der Waals surface area contributed by atoms with Crippen molar-refractivity contribution in [2.24, 2.45) is 0 Å². The lowest BCUT2D eigenvalue weighted by Gasteiger charge is -2.49. The van der Waals surface area contributed by atoms with E-state index in [1.807, 2.05) is 0 Å². The minimum absolute atomic E-state index is 0.636. The molecule has 0 aromatic heterocycles. The molecule has 2 saturated heterocycles. The van der Waals surface area contributed by atoms with Crippen LogP contribution in [0.4, 0.5) is 0 Å². The van der Waals surface area contributed by atoms with Crippen molar-refractivity contribution in [3.8, 4) is 0 Å². The van der Waals surface area contributed by atoms with Crippen LogP contribution in [0.1, 0.15) is 48.5 Å². The molecule has 1 unspecified atom stereocenters. The Labute approximate surface area is 273 Å². The molecule has 22 heteroatoms. The zero-order valence-corrected chi connectivity index (χ0v) is 27.7. The molecule has 2 rings (SSSR count). The highest BCUT2D eigenvalue weighted by molar-refractivity contribution is 7.44. The lowest BCUT2D eigenvalue weighted by Crippen LogP contribution is -2.69. The third-order valence-corrected chi connectivity index (χ3v) is 6.72. The summed E-state index contributed by atoms with van der Waals surface area (Å²) in [6, 6.07) is -1.76. The molecular weight excluding hydrogens is 677 g/mol. The first-order valence-corrected chi connectivity index (χ1v) is 15.6. The Hall–Kier alpha value is -3.72. The summed E-state index contributed by atoms with van der Waals surface area (Å²) in [5.41, 5.74) is 0. The highest BCUT2D eigenvalue weighted by atomic mass is 31.2. The summed E-state index contributed by atoms with van der Waals surface area (Å²) in [6.07, 6.45) is -15.8. The Morgan fingerprint density at radius 2 is 1.04 bits per heavy atom. The van der Waals surface area contributed by atoms with Crippen LogP contribution in [0.2, 0.25) is 0 Å². The average Bonchev–Trinajstić information content (AvgIpc) is 2.90. The fourth-order valence-electron chi connectivity index (χ4n) is 4.80. The smallest absolute Gasteiger partial charge is 0.303 e. The molecule has 48 heavy (non-hydrogen) atoms. The maximum Gasteiger partial charge on any atom is 0.303 e. The van der Waals surface area contributed by atoms with Crippen molar-refractivity contribution >= 4 is 49.5 Å². The van der Waals surface area contributed by atoms with Crippen LogP contribution in [-0.2, 0) is 85.3 Å². The Balaban J connectivity index is 2.75. The van der Waals surface area contributed by atoms with E-state index < -0.39 is 124 Å². The molecule has 2 fully saturated rings. The van der Waals surface area contributed by atoms with Crippen molar-refractivity contribution in [2.45, 2.75) is 110 Å². The standard InChI is InChI=1S/C26H38NO20P/c1-10(28)27-19-22(41-14(5)32)20(17(8-38-11(2)29)44-25(19)47-48(35,36)37)46-26-24(43-16(7)34)23(42-15(6)33)21(40-13(4)31)18(45-26)9-39-12(3)30/h17-26H,8-9H2,1-7H3,(H,27,28)(H2,35,36,37)/p-1/t17-,18-,19-,20-,21-,22-,23+,24-,25-,26+/m1/s1. The quantitative estimate of drug-likeness (QED) is 0.115. The van der Waals surface area contributed by atoms with Gasteiger partial charge < -0.3 is 57.7 Å². The summed E-state index contributed by atoms with van der Waals surface area (Å²) < 4.78 is 65.5. The van der Waals surface area contributed by atoms with Crippen LogP contribution >= 0.6 is 7.82 Å². The second kappa shape index (κ2) is 17.6. The fraction of sp³-hybridized carbons (Fsp3) is 0.731. The van der Waals surface area contributed by atoms with Crippen molar-refractivity contribution in [1.29, 1.82) is 0 Å². The number of phosphoric acid groups is 1. The van der Waals surface area contributed by atoms with Gasteiger partial charge in [0.2, 0.25) is 5.91 Å². The summed E-state index contributed by atoms with van der Waals surface area (Å²) in [5.74, 6) is -6.37. The van der Waals surface area contributed by atoms with E-state index in [9.17, 15) is 47.9 Å². The first-order chi connectivity index (χ1) is 22.2. The maximum atomic E-state index is 12.3. The molecule has 2 N–H and O–H groups in total. The molecule has 0 spiro atoms. The largest absolute Gasteiger partial charge is 0.756 e. The van der Waals surface area contributed by atoms with Crippen LogP contribution in [-0.4, -0.2) is 121 Å². The molecule has 0 aliphatic carbocycles. The van der Waals surface area contributed by atoms with Gasteiger partial charge >= 0.3 is 35.8 Å². The van der Waals surface area contributed by atoms with Crippen molar-refractivity contribution < 1.29 is 95.1 Å². The zero-order chi connectivity index (χ0) is 36.5. The van der Waals surface area contributed by atoms with E-state index in [0.717, 1.165) is 48.5 Å². The van der Waals surface area contributed by atoms with E-state index in [4.69, 9.17) is 42.6 Å². The molecule has 272 valence electrons. The number of carbonyl (C=O) groups excluding carboxylic acids is 7. The SMILES string of the molecule is CC(=O)N[C@H]1[C@@H](OP(=O)([O-])O)O[C@H](COC(C)=O)[C@@H](O[C@@H]2O[C@H](COC(C)=O)[C@@H](OC(C)=O)[C@H](OC(C)=O)[C@H]2OC(C)=O)[C@@H]1OC(C)=O. The Bertz CT molecular complexity index is 1270. The van der Waals surface area contributed by atoms with Gasteiger partial charge in [0.25, 0.3) is 7.82 Å². The summed E-state index contributed by atoms with van der Waals surface area (Å²) in [5, 5.41) is 2.28. The van der Waals surface area contributed by atoms with E-state index in [1.165, 1.54) is 0 Å². The van der Waals surface area contributed by atoms with Crippen molar-refractivity contribution in [1.82, 2.24) is 5.32 Å². The number of hydrogen-bond acceptors (Lipinski definition) is 19. The van der Waals surface area contributed by atoms with Crippen LogP contribution < -0.4 is 10.2 Å². The maximum absolute atomic E-state index is 12.3. The predicted molar refractivity (Wildman–Crippen MR) is 146 cm³/mol. The van der Waals surface area contributed by atoms with E-state index in [0.29, 0.717) is 0 Å². The first kappa shape index (κ1) is 40.5. The molecule has 2 aliphatic rings. The van der Waals surface area contributed by atoms with Gasteiger partial charge in [-0.2, -0.15) is 0 Å². The molecule has 21 nitrogen and oxygen atoms in total. The van der Waals surface area contributed by atoms with Gasteiger partial charge in [-0.3, -0.25) is 42.7 Å². The molecule has 0 radical (unpaired) electrons. The number of carbonyl (C=O) groups is 7. The van der Waals surface area contributed by atoms with Crippen LogP contribution in [0.25, 0.3) is 0 Å². The number of rotatable bonds is 13. The predicted octanol–water partition coefficient (Wildman–Crippen LogP) is -2.34. The van der Waals surface area contributed by atoms with Crippen LogP contribution in [0, 0.1) is 0 Å². The van der Waals surface area contributed by atoms with Gasteiger partial charge in [0, 0.05) is 48.5 Å². The normalized spacial score (nSPS) is 31.2. The summed E-state index contributed by atoms with van der Waals surface area (Å²) in [6.45, 7) is 5.56. The van der Waals surface area contributed by atoms with E-state index in [2.05, 4.69) is 9.84 Å². The summed E-state index contributed by atoms with van der Waals surface area (Å²) >= 11 is 0. The molecule has 0 saturated carbocycles. The topological polar surface area (TPSA) is 284 Å². The second-order valence-corrected chi connectivity index (χ2v) is 11.5. The average molecular weight is 715 g/mol. The number of ether oxygens (including phenoxy) is 9. The molecule has 2 aliphatic heterocycles. The van der Waals surface area contributed by atoms with E-state index >= 15 is 0 Å². The third kappa shape index (κ3) is 12.7. The van der Waals surface area contributed by atoms with E-state index in [1.54, 1.807) is 0 Å². The van der Waals surface area contributed by atoms with Gasteiger partial charge in [0.15, 0.2) is 37.0 Å². The zero-order valence-electron chi connectivity index (χ0n) is 26.8.